The summed E-state index contributed by atoms with van der Waals surface area (Å²) in [6.07, 6.45) is 3.37. The summed E-state index contributed by atoms with van der Waals surface area (Å²) in [5, 5.41) is 0. The molecule has 1 fully saturated rings. The molecule has 0 spiro atoms. The van der Waals surface area contributed by atoms with Crippen LogP contribution in [0.5, 0.6) is 0 Å². The lowest BCUT2D eigenvalue weighted by molar-refractivity contribution is 0.260. The van der Waals surface area contributed by atoms with Crippen LogP contribution in [0.15, 0.2) is 23.1 Å². The Hall–Kier alpha value is -0.980. The van der Waals surface area contributed by atoms with Gasteiger partial charge in [0.05, 0.1) is 4.90 Å². The molecule has 0 bridgehead atoms. The molecule has 0 radical (unpaired) electrons. The van der Waals surface area contributed by atoms with Crippen LogP contribution in [-0.2, 0) is 10.0 Å². The molecule has 0 aliphatic heterocycles. The van der Waals surface area contributed by atoms with Crippen LogP contribution in [-0.4, -0.2) is 19.4 Å². The van der Waals surface area contributed by atoms with E-state index in [2.05, 4.69) is 4.72 Å². The van der Waals surface area contributed by atoms with Gasteiger partial charge in [0.2, 0.25) is 10.0 Å². The maximum absolute atomic E-state index is 12.5. The molecule has 6 heteroatoms. The molecular weight excluding hydrogens is 292 g/mol. The lowest BCUT2D eigenvalue weighted by atomic mass is 9.81. The molecule has 1 aromatic carbocycles. The van der Waals surface area contributed by atoms with Crippen LogP contribution >= 0.6 is 12.2 Å². The summed E-state index contributed by atoms with van der Waals surface area (Å²) in [7, 11) is -3.53. The summed E-state index contributed by atoms with van der Waals surface area (Å²) < 4.78 is 27.7. The Labute approximate surface area is 125 Å². The van der Waals surface area contributed by atoms with E-state index >= 15 is 0 Å². The van der Waals surface area contributed by atoms with Gasteiger partial charge < -0.3 is 5.73 Å². The van der Waals surface area contributed by atoms with Crippen molar-refractivity contribution in [2.75, 3.05) is 0 Å². The third-order valence-electron chi connectivity index (χ3n) is 3.96. The van der Waals surface area contributed by atoms with Crippen LogP contribution in [0.2, 0.25) is 0 Å². The van der Waals surface area contributed by atoms with Gasteiger partial charge in [0, 0.05) is 11.6 Å². The zero-order valence-electron chi connectivity index (χ0n) is 11.7. The van der Waals surface area contributed by atoms with E-state index < -0.39 is 10.0 Å². The largest absolute Gasteiger partial charge is 0.389 e. The average Bonchev–Trinajstić information content (AvgIpc) is 2.25. The van der Waals surface area contributed by atoms with Crippen molar-refractivity contribution in [3.05, 3.63) is 29.3 Å². The fourth-order valence-corrected chi connectivity index (χ4v) is 4.10. The van der Waals surface area contributed by atoms with Crippen molar-refractivity contribution in [3.8, 4) is 0 Å². The summed E-state index contributed by atoms with van der Waals surface area (Å²) in [4.78, 5) is 0.461. The van der Waals surface area contributed by atoms with Gasteiger partial charge in [0.15, 0.2) is 0 Å². The van der Waals surface area contributed by atoms with E-state index in [4.69, 9.17) is 18.0 Å². The first-order valence-corrected chi connectivity index (χ1v) is 8.63. The minimum absolute atomic E-state index is 0.0402. The van der Waals surface area contributed by atoms with Crippen LogP contribution in [0, 0.1) is 12.8 Å². The Morgan fingerprint density at radius 2 is 2.10 bits per heavy atom. The molecule has 0 heterocycles. The highest BCUT2D eigenvalue weighted by Crippen LogP contribution is 2.30. The summed E-state index contributed by atoms with van der Waals surface area (Å²) in [6.45, 7) is 3.69. The molecule has 3 N–H and O–H groups in total. The molecule has 1 aliphatic rings. The maximum atomic E-state index is 12.5. The lowest BCUT2D eigenvalue weighted by Crippen LogP contribution is -2.40. The molecule has 1 unspecified atom stereocenters. The second-order valence-corrected chi connectivity index (χ2v) is 7.57. The number of benzene rings is 1. The number of nitrogens with one attached hydrogen (secondary N) is 1. The minimum atomic E-state index is -3.53. The summed E-state index contributed by atoms with van der Waals surface area (Å²) in [5.74, 6) is 0.448. The van der Waals surface area contributed by atoms with Crippen molar-refractivity contribution in [2.45, 2.75) is 44.0 Å². The topological polar surface area (TPSA) is 72.2 Å². The molecule has 1 aromatic rings. The number of nitrogens with two attached hydrogens (primary N) is 1. The van der Waals surface area contributed by atoms with Crippen LogP contribution < -0.4 is 10.5 Å². The minimum Gasteiger partial charge on any atom is -0.389 e. The number of rotatable bonds is 5. The monoisotopic (exact) mass is 312 g/mol. The van der Waals surface area contributed by atoms with Crippen LogP contribution in [0.4, 0.5) is 0 Å². The first kappa shape index (κ1) is 15.4. The molecule has 4 nitrogen and oxygen atoms in total. The number of sulfonamides is 1. The van der Waals surface area contributed by atoms with E-state index in [-0.39, 0.29) is 15.9 Å². The highest BCUT2D eigenvalue weighted by molar-refractivity contribution is 7.89. The summed E-state index contributed by atoms with van der Waals surface area (Å²) in [5.41, 5.74) is 6.84. The van der Waals surface area contributed by atoms with Gasteiger partial charge in [-0.2, -0.15) is 0 Å². The molecule has 1 atom stereocenters. The molecule has 110 valence electrons. The predicted molar refractivity (Wildman–Crippen MR) is 84.2 cm³/mol. The van der Waals surface area contributed by atoms with Gasteiger partial charge in [-0.25, -0.2) is 13.1 Å². The Balaban J connectivity index is 2.28. The zero-order chi connectivity index (χ0) is 14.9. The third kappa shape index (κ3) is 3.19. The van der Waals surface area contributed by atoms with E-state index in [1.807, 2.05) is 6.92 Å². The normalized spacial score (nSPS) is 17.5. The quantitative estimate of drug-likeness (QED) is 0.817. The highest BCUT2D eigenvalue weighted by Gasteiger charge is 2.28. The first-order valence-electron chi connectivity index (χ1n) is 6.74. The highest BCUT2D eigenvalue weighted by atomic mass is 32.2. The number of thiocarbonyl (C=S) groups is 1. The molecule has 0 aromatic heterocycles. The van der Waals surface area contributed by atoms with Gasteiger partial charge in [-0.05, 0) is 44.2 Å². The van der Waals surface area contributed by atoms with Crippen LogP contribution in [0.25, 0.3) is 0 Å². The molecule has 1 saturated carbocycles. The number of aryl methyl sites for hydroxylation is 1. The van der Waals surface area contributed by atoms with Gasteiger partial charge in [-0.3, -0.25) is 0 Å². The van der Waals surface area contributed by atoms with Crippen molar-refractivity contribution >= 4 is 27.2 Å². The number of hydrogen-bond donors (Lipinski definition) is 2. The van der Waals surface area contributed by atoms with E-state index in [9.17, 15) is 8.42 Å². The Morgan fingerprint density at radius 1 is 1.45 bits per heavy atom. The second kappa shape index (κ2) is 5.79. The standard InChI is InChI=1S/C14H20N2O2S2/c1-9-6-7-12(14(15)19)8-13(9)20(17,18)16-10(2)11-4-3-5-11/h6-8,10-11,16H,3-5H2,1-2H3,(H2,15,19). The Bertz CT molecular complexity index is 622. The van der Waals surface area contributed by atoms with Crippen molar-refractivity contribution in [3.63, 3.8) is 0 Å². The zero-order valence-corrected chi connectivity index (χ0v) is 13.4. The summed E-state index contributed by atoms with van der Waals surface area (Å²) >= 11 is 4.91. The van der Waals surface area contributed by atoms with Crippen LogP contribution in [0.3, 0.4) is 0 Å². The van der Waals surface area contributed by atoms with Gasteiger partial charge >= 0.3 is 0 Å². The third-order valence-corrected chi connectivity index (χ3v) is 5.90. The van der Waals surface area contributed by atoms with E-state index in [0.29, 0.717) is 17.0 Å². The molecule has 1 aliphatic carbocycles. The SMILES string of the molecule is Cc1ccc(C(N)=S)cc1S(=O)(=O)NC(C)C1CCC1. The first-order chi connectivity index (χ1) is 9.31. The molecule has 2 rings (SSSR count). The lowest BCUT2D eigenvalue weighted by Gasteiger charge is -2.31. The van der Waals surface area contributed by atoms with E-state index in [0.717, 1.165) is 12.8 Å². The molecule has 0 amide bonds. The number of hydrogen-bond acceptors (Lipinski definition) is 3. The van der Waals surface area contributed by atoms with Gasteiger partial charge in [0.25, 0.3) is 0 Å². The Morgan fingerprint density at radius 3 is 2.60 bits per heavy atom. The Kier molecular flexibility index (Phi) is 4.46. The fourth-order valence-electron chi connectivity index (χ4n) is 2.39. The average molecular weight is 312 g/mol. The fraction of sp³-hybridized carbons (Fsp3) is 0.500. The summed E-state index contributed by atoms with van der Waals surface area (Å²) in [6, 6.07) is 4.98. The van der Waals surface area contributed by atoms with Gasteiger partial charge in [-0.15, -0.1) is 0 Å². The van der Waals surface area contributed by atoms with E-state index in [1.165, 1.54) is 6.42 Å². The predicted octanol–water partition coefficient (Wildman–Crippen LogP) is 2.10. The van der Waals surface area contributed by atoms with Crippen molar-refractivity contribution in [1.82, 2.24) is 4.72 Å². The molecule has 20 heavy (non-hydrogen) atoms. The second-order valence-electron chi connectivity index (χ2n) is 5.45. The van der Waals surface area contributed by atoms with Crippen LogP contribution in [0.1, 0.15) is 37.3 Å². The smallest absolute Gasteiger partial charge is 0.241 e. The maximum Gasteiger partial charge on any atom is 0.241 e. The molecular formula is C14H20N2O2S2. The van der Waals surface area contributed by atoms with Gasteiger partial charge in [0.1, 0.15) is 4.99 Å². The van der Waals surface area contributed by atoms with Crippen molar-refractivity contribution < 1.29 is 8.42 Å². The van der Waals surface area contributed by atoms with Crippen molar-refractivity contribution in [1.29, 1.82) is 0 Å². The van der Waals surface area contributed by atoms with Gasteiger partial charge in [-0.1, -0.05) is 30.8 Å². The van der Waals surface area contributed by atoms with E-state index in [1.54, 1.807) is 25.1 Å². The van der Waals surface area contributed by atoms with Crippen molar-refractivity contribution in [2.24, 2.45) is 11.7 Å². The molecule has 0 saturated heterocycles.